The fourth-order valence-corrected chi connectivity index (χ4v) is 4.43. The van der Waals surface area contributed by atoms with Gasteiger partial charge in [0, 0.05) is 32.4 Å². The van der Waals surface area contributed by atoms with E-state index in [-0.39, 0.29) is 11.8 Å². The highest BCUT2D eigenvalue weighted by Gasteiger charge is 2.53. The molecule has 2 saturated heterocycles. The summed E-state index contributed by atoms with van der Waals surface area (Å²) in [5, 5.41) is 10.0. The predicted molar refractivity (Wildman–Crippen MR) is 108 cm³/mol. The Morgan fingerprint density at radius 2 is 2.07 bits per heavy atom. The molecule has 0 aliphatic carbocycles. The van der Waals surface area contributed by atoms with E-state index in [0.29, 0.717) is 38.3 Å². The molecule has 3 heterocycles. The molecular formula is C22H27N3O4. The van der Waals surface area contributed by atoms with Crippen LogP contribution in [-0.4, -0.2) is 71.1 Å². The van der Waals surface area contributed by atoms with Crippen molar-refractivity contribution >= 4 is 11.8 Å². The molecule has 2 fully saturated rings. The molecule has 1 atom stereocenters. The minimum Gasteiger partial charge on any atom is -0.497 e. The number of hydrogen-bond donors (Lipinski definition) is 2. The van der Waals surface area contributed by atoms with Gasteiger partial charge in [0.1, 0.15) is 11.4 Å². The number of benzene rings is 1. The summed E-state index contributed by atoms with van der Waals surface area (Å²) >= 11 is 0. The number of hydrogen-bond acceptors (Lipinski definition) is 4. The molecule has 2 aromatic rings. The first-order valence-corrected chi connectivity index (χ1v) is 10.0. The molecule has 29 heavy (non-hydrogen) atoms. The first-order chi connectivity index (χ1) is 14.0. The lowest BCUT2D eigenvalue weighted by molar-refractivity contribution is -0.154. The lowest BCUT2D eigenvalue weighted by Crippen LogP contribution is -2.66. The number of rotatable bonds is 5. The van der Waals surface area contributed by atoms with Crippen LogP contribution in [0.2, 0.25) is 0 Å². The molecule has 4 rings (SSSR count). The van der Waals surface area contributed by atoms with Crippen LogP contribution in [0.5, 0.6) is 5.75 Å². The highest BCUT2D eigenvalue weighted by Crippen LogP contribution is 2.38. The van der Waals surface area contributed by atoms with Gasteiger partial charge in [-0.25, -0.2) is 0 Å². The molecule has 2 amide bonds. The van der Waals surface area contributed by atoms with Crippen molar-refractivity contribution in [3.63, 3.8) is 0 Å². The zero-order chi connectivity index (χ0) is 20.4. The number of aliphatic hydroxyl groups excluding tert-OH is 1. The number of H-pyrrole nitrogens is 1. The molecule has 7 heteroatoms. The summed E-state index contributed by atoms with van der Waals surface area (Å²) in [7, 11) is 1.62. The lowest BCUT2D eigenvalue weighted by atomic mass is 9.73. The molecule has 7 nitrogen and oxygen atoms in total. The Balaban J connectivity index is 1.56. The summed E-state index contributed by atoms with van der Waals surface area (Å²) in [6.07, 6.45) is 3.30. The van der Waals surface area contributed by atoms with Crippen LogP contribution in [0.25, 0.3) is 0 Å². The van der Waals surface area contributed by atoms with Gasteiger partial charge in [0.05, 0.1) is 18.6 Å². The molecule has 2 N–H and O–H groups in total. The number of ether oxygens (including phenoxy) is 1. The Hall–Kier alpha value is -2.80. The fraction of sp³-hybridized carbons (Fsp3) is 0.455. The summed E-state index contributed by atoms with van der Waals surface area (Å²) in [6.45, 7) is 1.75. The molecule has 0 bridgehead atoms. The van der Waals surface area contributed by atoms with Gasteiger partial charge in [0.15, 0.2) is 0 Å². The van der Waals surface area contributed by atoms with Crippen molar-refractivity contribution in [1.82, 2.24) is 14.8 Å². The average molecular weight is 397 g/mol. The number of nitrogens with zero attached hydrogens (tertiary/aromatic N) is 2. The molecule has 0 spiro atoms. The minimum atomic E-state index is -0.675. The van der Waals surface area contributed by atoms with Crippen LogP contribution in [0, 0.1) is 5.41 Å². The molecule has 1 aromatic carbocycles. The molecule has 0 radical (unpaired) electrons. The van der Waals surface area contributed by atoms with Crippen molar-refractivity contribution in [2.24, 2.45) is 5.41 Å². The fourth-order valence-electron chi connectivity index (χ4n) is 4.43. The number of aliphatic hydroxyl groups is 1. The molecule has 154 valence electrons. The normalized spacial score (nSPS) is 20.8. The van der Waals surface area contributed by atoms with E-state index in [9.17, 15) is 14.7 Å². The van der Waals surface area contributed by atoms with Crippen molar-refractivity contribution in [2.45, 2.75) is 25.4 Å². The number of likely N-dealkylation sites (tertiary alicyclic amines) is 2. The molecule has 1 unspecified atom stereocenters. The number of methoxy groups -OCH3 is 1. The van der Waals surface area contributed by atoms with Gasteiger partial charge in [-0.2, -0.15) is 0 Å². The second-order valence-corrected chi connectivity index (χ2v) is 8.10. The number of nitrogens with one attached hydrogen (secondary N) is 1. The van der Waals surface area contributed by atoms with Crippen molar-refractivity contribution in [1.29, 1.82) is 0 Å². The van der Waals surface area contributed by atoms with E-state index in [0.717, 1.165) is 24.2 Å². The van der Waals surface area contributed by atoms with E-state index in [4.69, 9.17) is 4.74 Å². The quantitative estimate of drug-likeness (QED) is 0.804. The largest absolute Gasteiger partial charge is 0.497 e. The van der Waals surface area contributed by atoms with Gasteiger partial charge in [-0.3, -0.25) is 9.59 Å². The van der Waals surface area contributed by atoms with E-state index in [1.165, 1.54) is 0 Å². The number of carbonyl (C=O) groups excluding carboxylic acids is 2. The summed E-state index contributed by atoms with van der Waals surface area (Å²) in [5.74, 6) is 0.675. The zero-order valence-corrected chi connectivity index (χ0v) is 16.6. The second-order valence-electron chi connectivity index (χ2n) is 8.10. The summed E-state index contributed by atoms with van der Waals surface area (Å²) in [4.78, 5) is 32.6. The van der Waals surface area contributed by atoms with Crippen LogP contribution in [0.15, 0.2) is 42.6 Å². The maximum absolute atomic E-state index is 13.5. The first kappa shape index (κ1) is 19.5. The third kappa shape index (κ3) is 3.87. The smallest absolute Gasteiger partial charge is 0.270 e. The van der Waals surface area contributed by atoms with Crippen LogP contribution in [-0.2, 0) is 11.2 Å². The summed E-state index contributed by atoms with van der Waals surface area (Å²) in [6, 6.07) is 11.2. The van der Waals surface area contributed by atoms with Gasteiger partial charge < -0.3 is 24.6 Å². The Morgan fingerprint density at radius 3 is 2.76 bits per heavy atom. The molecule has 0 saturated carbocycles. The number of amides is 2. The summed E-state index contributed by atoms with van der Waals surface area (Å²) in [5.41, 5.74) is 0.856. The van der Waals surface area contributed by atoms with E-state index < -0.39 is 11.5 Å². The molecule has 1 aromatic heterocycles. The van der Waals surface area contributed by atoms with Crippen molar-refractivity contribution in [3.8, 4) is 5.75 Å². The predicted octanol–water partition coefficient (Wildman–Crippen LogP) is 1.69. The van der Waals surface area contributed by atoms with E-state index in [1.807, 2.05) is 24.3 Å². The van der Waals surface area contributed by atoms with Gasteiger partial charge in [0.25, 0.3) is 5.91 Å². The highest BCUT2D eigenvalue weighted by atomic mass is 16.5. The monoisotopic (exact) mass is 397 g/mol. The average Bonchev–Trinajstić information content (AvgIpc) is 3.24. The number of β-amino-alcohol motifs (C(OH)–C–C–N with tert-alkyl or cyclic N) is 1. The van der Waals surface area contributed by atoms with Crippen molar-refractivity contribution in [2.75, 3.05) is 33.3 Å². The van der Waals surface area contributed by atoms with Gasteiger partial charge in [-0.1, -0.05) is 12.1 Å². The Bertz CT molecular complexity index is 874. The Morgan fingerprint density at radius 1 is 1.24 bits per heavy atom. The standard InChI is InChI=1S/C22H27N3O4/c1-29-18-7-2-5-16(11-18)12-22(21(28)24-10-4-6-17(26)13-24)14-25(15-22)20(27)19-8-3-9-23-19/h2-3,5,7-9,11,17,23,26H,4,6,10,12-15H2,1H3. The van der Waals surface area contributed by atoms with Crippen LogP contribution >= 0.6 is 0 Å². The van der Waals surface area contributed by atoms with Crippen LogP contribution in [0.1, 0.15) is 28.9 Å². The van der Waals surface area contributed by atoms with E-state index in [2.05, 4.69) is 4.98 Å². The van der Waals surface area contributed by atoms with E-state index >= 15 is 0 Å². The number of carbonyl (C=O) groups is 2. The van der Waals surface area contributed by atoms with Gasteiger partial charge in [-0.15, -0.1) is 0 Å². The Labute approximate surface area is 170 Å². The van der Waals surface area contributed by atoms with Crippen LogP contribution in [0.4, 0.5) is 0 Å². The number of piperidine rings is 1. The summed E-state index contributed by atoms with van der Waals surface area (Å²) < 4.78 is 5.32. The molecular weight excluding hydrogens is 370 g/mol. The van der Waals surface area contributed by atoms with Gasteiger partial charge >= 0.3 is 0 Å². The van der Waals surface area contributed by atoms with Crippen molar-refractivity contribution in [3.05, 3.63) is 53.9 Å². The van der Waals surface area contributed by atoms with Crippen LogP contribution in [0.3, 0.4) is 0 Å². The third-order valence-corrected chi connectivity index (χ3v) is 5.92. The van der Waals surface area contributed by atoms with E-state index in [1.54, 1.807) is 35.2 Å². The lowest BCUT2D eigenvalue weighted by Gasteiger charge is -2.51. The Kier molecular flexibility index (Phi) is 5.32. The molecule has 2 aliphatic heterocycles. The van der Waals surface area contributed by atoms with Gasteiger partial charge in [0.2, 0.25) is 5.91 Å². The van der Waals surface area contributed by atoms with Crippen LogP contribution < -0.4 is 4.74 Å². The first-order valence-electron chi connectivity index (χ1n) is 10.0. The number of aromatic amines is 1. The SMILES string of the molecule is COc1cccc(CC2(C(=O)N3CCCC(O)C3)CN(C(=O)c3ccc[nH]3)C2)c1. The highest BCUT2D eigenvalue weighted by molar-refractivity contribution is 5.95. The second kappa shape index (κ2) is 7.91. The van der Waals surface area contributed by atoms with Crippen molar-refractivity contribution < 1.29 is 19.4 Å². The molecule has 2 aliphatic rings. The topological polar surface area (TPSA) is 85.9 Å². The maximum atomic E-state index is 13.5. The minimum absolute atomic E-state index is 0.0228. The third-order valence-electron chi connectivity index (χ3n) is 5.92. The van der Waals surface area contributed by atoms with Gasteiger partial charge in [-0.05, 0) is 49.1 Å². The zero-order valence-electron chi connectivity index (χ0n) is 16.6. The number of aromatic nitrogens is 1. The maximum Gasteiger partial charge on any atom is 0.270 e.